The Balaban J connectivity index is 1.96. The summed E-state index contributed by atoms with van der Waals surface area (Å²) in [6.45, 7) is 1.81. The molecule has 24 heavy (non-hydrogen) atoms. The Morgan fingerprint density at radius 3 is 2.79 bits per heavy atom. The first kappa shape index (κ1) is 16.2. The maximum absolute atomic E-state index is 11.9. The van der Waals surface area contributed by atoms with E-state index in [2.05, 4.69) is 15.6 Å². The lowest BCUT2D eigenvalue weighted by molar-refractivity contribution is 0.233. The van der Waals surface area contributed by atoms with Crippen molar-refractivity contribution < 1.29 is 14.4 Å². The number of benzene rings is 1. The van der Waals surface area contributed by atoms with Crippen molar-refractivity contribution in [3.63, 3.8) is 0 Å². The van der Waals surface area contributed by atoms with Crippen LogP contribution in [0.3, 0.4) is 0 Å². The van der Waals surface area contributed by atoms with Crippen molar-refractivity contribution in [1.82, 2.24) is 20.3 Å². The van der Waals surface area contributed by atoms with Gasteiger partial charge in [-0.15, -0.1) is 0 Å². The average molecular weight is 347 g/mol. The Morgan fingerprint density at radius 2 is 2.08 bits per heavy atom. The van der Waals surface area contributed by atoms with Gasteiger partial charge in [0.05, 0.1) is 17.9 Å². The van der Waals surface area contributed by atoms with Crippen LogP contribution in [0.4, 0.5) is 4.79 Å². The summed E-state index contributed by atoms with van der Waals surface area (Å²) in [5.41, 5.74) is 2.75. The number of carbonyl (C=O) groups excluding carboxylic acids is 1. The zero-order valence-electron chi connectivity index (χ0n) is 12.9. The Hall–Kier alpha value is -2.64. The highest BCUT2D eigenvalue weighted by Crippen LogP contribution is 2.33. The molecule has 0 fully saturated rings. The van der Waals surface area contributed by atoms with Crippen LogP contribution in [-0.2, 0) is 0 Å². The van der Waals surface area contributed by atoms with E-state index in [-0.39, 0.29) is 13.2 Å². The summed E-state index contributed by atoms with van der Waals surface area (Å²) >= 11 is 5.92. The van der Waals surface area contributed by atoms with E-state index in [1.54, 1.807) is 31.3 Å². The van der Waals surface area contributed by atoms with Crippen LogP contribution in [0.1, 0.15) is 5.76 Å². The average Bonchev–Trinajstić information content (AvgIpc) is 3.20. The smallest absolute Gasteiger partial charge is 0.342 e. The van der Waals surface area contributed by atoms with E-state index in [9.17, 15) is 4.79 Å². The second-order valence-electron chi connectivity index (χ2n) is 5.07. The van der Waals surface area contributed by atoms with Gasteiger partial charge < -0.3 is 14.9 Å². The quantitative estimate of drug-likeness (QED) is 0.757. The Labute approximate surface area is 142 Å². The zero-order chi connectivity index (χ0) is 17.1. The molecule has 2 aromatic heterocycles. The van der Waals surface area contributed by atoms with Gasteiger partial charge in [0.15, 0.2) is 0 Å². The van der Waals surface area contributed by atoms with Crippen molar-refractivity contribution in [3.8, 4) is 22.5 Å². The maximum atomic E-state index is 11.9. The summed E-state index contributed by atoms with van der Waals surface area (Å²) in [5, 5.41) is 20.3. The van der Waals surface area contributed by atoms with Gasteiger partial charge in [-0.2, -0.15) is 9.78 Å². The number of aromatic nitrogens is 3. The monoisotopic (exact) mass is 346 g/mol. The standard InChI is InChI=1S/C16H15ClN4O3/c1-10-14(13-6-8-21(19-13)16(23)18-7-9-22)15(20-24-10)11-2-4-12(17)5-3-11/h2-6,8,22H,7,9H2,1H3,(H,18,23). The highest BCUT2D eigenvalue weighted by molar-refractivity contribution is 6.30. The van der Waals surface area contributed by atoms with Crippen molar-refractivity contribution in [2.24, 2.45) is 0 Å². The van der Waals surface area contributed by atoms with E-state index in [1.165, 1.54) is 4.68 Å². The number of nitrogens with one attached hydrogen (secondary N) is 1. The minimum Gasteiger partial charge on any atom is -0.395 e. The molecular weight excluding hydrogens is 332 g/mol. The van der Waals surface area contributed by atoms with Crippen LogP contribution in [0.2, 0.25) is 5.02 Å². The predicted octanol–water partition coefficient (Wildman–Crippen LogP) is 2.72. The lowest BCUT2D eigenvalue weighted by Gasteiger charge is -2.02. The SMILES string of the molecule is Cc1onc(-c2ccc(Cl)cc2)c1-c1ccn(C(=O)NCCO)n1. The molecule has 0 bridgehead atoms. The number of aryl methyl sites for hydroxylation is 1. The van der Waals surface area contributed by atoms with Gasteiger partial charge >= 0.3 is 6.03 Å². The van der Waals surface area contributed by atoms with Crippen LogP contribution in [-0.4, -0.2) is 39.2 Å². The molecule has 0 saturated heterocycles. The number of rotatable bonds is 4. The molecule has 0 aliphatic carbocycles. The van der Waals surface area contributed by atoms with Gasteiger partial charge in [0.2, 0.25) is 0 Å². The van der Waals surface area contributed by atoms with Crippen molar-refractivity contribution in [2.75, 3.05) is 13.2 Å². The third-order valence-corrected chi connectivity index (χ3v) is 3.67. The topological polar surface area (TPSA) is 93.2 Å². The summed E-state index contributed by atoms with van der Waals surface area (Å²) in [4.78, 5) is 11.9. The minimum atomic E-state index is -0.419. The Morgan fingerprint density at radius 1 is 1.33 bits per heavy atom. The first-order valence-corrected chi connectivity index (χ1v) is 7.65. The van der Waals surface area contributed by atoms with Crippen LogP contribution in [0.25, 0.3) is 22.5 Å². The summed E-state index contributed by atoms with van der Waals surface area (Å²) in [6.07, 6.45) is 1.54. The van der Waals surface area contributed by atoms with Crippen LogP contribution < -0.4 is 5.32 Å². The van der Waals surface area contributed by atoms with Crippen molar-refractivity contribution in [2.45, 2.75) is 6.92 Å². The predicted molar refractivity (Wildman–Crippen MR) is 88.8 cm³/mol. The second kappa shape index (κ2) is 6.86. The maximum Gasteiger partial charge on any atom is 0.342 e. The van der Waals surface area contributed by atoms with Crippen molar-refractivity contribution >= 4 is 17.6 Å². The molecule has 2 N–H and O–H groups in total. The number of amides is 1. The molecule has 1 amide bonds. The van der Waals surface area contributed by atoms with Gasteiger partial charge in [-0.1, -0.05) is 28.9 Å². The number of nitrogens with zero attached hydrogens (tertiary/aromatic N) is 3. The molecule has 1 aromatic carbocycles. The summed E-state index contributed by atoms with van der Waals surface area (Å²) in [5.74, 6) is 0.598. The van der Waals surface area contributed by atoms with E-state index >= 15 is 0 Å². The van der Waals surface area contributed by atoms with Gasteiger partial charge in [0.25, 0.3) is 0 Å². The molecule has 0 atom stereocenters. The molecule has 7 nitrogen and oxygen atoms in total. The normalized spacial score (nSPS) is 10.8. The molecule has 3 aromatic rings. The molecule has 2 heterocycles. The van der Waals surface area contributed by atoms with Crippen LogP contribution in [0.15, 0.2) is 41.1 Å². The molecule has 0 aliphatic heterocycles. The summed E-state index contributed by atoms with van der Waals surface area (Å²) in [7, 11) is 0. The van der Waals surface area contributed by atoms with Crippen LogP contribution in [0.5, 0.6) is 0 Å². The Bertz CT molecular complexity index is 855. The molecule has 0 spiro atoms. The zero-order valence-corrected chi connectivity index (χ0v) is 13.6. The van der Waals surface area contributed by atoms with E-state index in [4.69, 9.17) is 21.2 Å². The van der Waals surface area contributed by atoms with Gasteiger partial charge in [-0.3, -0.25) is 0 Å². The lowest BCUT2D eigenvalue weighted by Crippen LogP contribution is -2.31. The first-order valence-electron chi connectivity index (χ1n) is 7.27. The molecular formula is C16H15ClN4O3. The van der Waals surface area contributed by atoms with Crippen LogP contribution >= 0.6 is 11.6 Å². The van der Waals surface area contributed by atoms with E-state index in [0.717, 1.165) is 5.56 Å². The number of aliphatic hydroxyl groups is 1. The molecule has 0 aliphatic rings. The largest absolute Gasteiger partial charge is 0.395 e. The van der Waals surface area contributed by atoms with Gasteiger partial charge in [-0.05, 0) is 25.1 Å². The van der Waals surface area contributed by atoms with E-state index < -0.39 is 6.03 Å². The third-order valence-electron chi connectivity index (χ3n) is 3.42. The van der Waals surface area contributed by atoms with Crippen molar-refractivity contribution in [3.05, 3.63) is 47.3 Å². The summed E-state index contributed by atoms with van der Waals surface area (Å²) in [6, 6.07) is 8.51. The first-order chi connectivity index (χ1) is 11.6. The Kier molecular flexibility index (Phi) is 4.64. The molecule has 0 unspecified atom stereocenters. The number of halogens is 1. The fourth-order valence-corrected chi connectivity index (χ4v) is 2.42. The molecule has 0 radical (unpaired) electrons. The van der Waals surface area contributed by atoms with E-state index in [0.29, 0.717) is 27.7 Å². The fraction of sp³-hybridized carbons (Fsp3) is 0.188. The lowest BCUT2D eigenvalue weighted by atomic mass is 10.0. The summed E-state index contributed by atoms with van der Waals surface area (Å²) < 4.78 is 6.47. The highest BCUT2D eigenvalue weighted by Gasteiger charge is 2.19. The molecule has 8 heteroatoms. The van der Waals surface area contributed by atoms with Gasteiger partial charge in [-0.25, -0.2) is 4.79 Å². The number of aliphatic hydroxyl groups excluding tert-OH is 1. The fourth-order valence-electron chi connectivity index (χ4n) is 2.29. The van der Waals surface area contributed by atoms with Gasteiger partial charge in [0.1, 0.15) is 11.5 Å². The number of carbonyl (C=O) groups is 1. The highest BCUT2D eigenvalue weighted by atomic mass is 35.5. The molecule has 124 valence electrons. The molecule has 0 saturated carbocycles. The minimum absolute atomic E-state index is 0.134. The second-order valence-corrected chi connectivity index (χ2v) is 5.51. The van der Waals surface area contributed by atoms with Crippen molar-refractivity contribution in [1.29, 1.82) is 0 Å². The van der Waals surface area contributed by atoms with E-state index in [1.807, 2.05) is 12.1 Å². The third kappa shape index (κ3) is 3.17. The van der Waals surface area contributed by atoms with Gasteiger partial charge in [0, 0.05) is 23.3 Å². The molecule has 3 rings (SSSR count). The van der Waals surface area contributed by atoms with Crippen LogP contribution in [0, 0.1) is 6.92 Å². The number of hydrogen-bond donors (Lipinski definition) is 2. The number of hydrogen-bond acceptors (Lipinski definition) is 5.